The molecule has 0 fully saturated rings. The van der Waals surface area contributed by atoms with E-state index in [1.807, 2.05) is 4.79 Å². The second kappa shape index (κ2) is 2.97. The Hall–Kier alpha value is -0.320. The summed E-state index contributed by atoms with van der Waals surface area (Å²) in [7, 11) is -10.3. The van der Waals surface area contributed by atoms with Gasteiger partial charge in [-0.1, -0.05) is 0 Å². The number of hydrogen-bond donors (Lipinski definition) is 4. The Bertz CT molecular complexity index is 266. The SMILES string of the molecule is [N-]=[N+]=C(P(=O)(O)O)P(=O)(O)O. The van der Waals surface area contributed by atoms with E-state index in [1.165, 1.54) is 0 Å². The number of nitrogens with zero attached hydrogens (tertiary/aromatic N) is 2. The molecule has 0 spiro atoms. The van der Waals surface area contributed by atoms with Crippen LogP contribution in [0.4, 0.5) is 0 Å². The van der Waals surface area contributed by atoms with E-state index in [0.717, 1.165) is 0 Å². The van der Waals surface area contributed by atoms with Crippen molar-refractivity contribution in [2.24, 2.45) is 0 Å². The van der Waals surface area contributed by atoms with Crippen molar-refractivity contribution in [1.29, 1.82) is 0 Å². The lowest BCUT2D eigenvalue weighted by Crippen LogP contribution is -2.01. The van der Waals surface area contributed by atoms with Gasteiger partial charge in [0.15, 0.2) is 0 Å². The van der Waals surface area contributed by atoms with Crippen molar-refractivity contribution in [3.63, 3.8) is 0 Å². The van der Waals surface area contributed by atoms with Crippen LogP contribution in [0.2, 0.25) is 0 Å². The molecule has 64 valence electrons. The van der Waals surface area contributed by atoms with Crippen LogP contribution in [0.25, 0.3) is 5.53 Å². The molecule has 0 aliphatic heterocycles. The smallest absolute Gasteiger partial charge is 0.360 e. The zero-order chi connectivity index (χ0) is 9.28. The van der Waals surface area contributed by atoms with Gasteiger partial charge in [-0.25, -0.2) is 9.13 Å². The Morgan fingerprint density at radius 2 is 1.36 bits per heavy atom. The van der Waals surface area contributed by atoms with Crippen molar-refractivity contribution in [1.82, 2.24) is 0 Å². The van der Waals surface area contributed by atoms with Crippen LogP contribution >= 0.6 is 15.2 Å². The molecule has 0 aromatic heterocycles. The average Bonchev–Trinajstić information content (AvgIpc) is 1.56. The fourth-order valence-corrected chi connectivity index (χ4v) is 1.88. The molecule has 0 rings (SSSR count). The molecular weight excluding hydrogens is 198 g/mol. The molecule has 10 heteroatoms. The summed E-state index contributed by atoms with van der Waals surface area (Å²) < 4.78 is 20.2. The van der Waals surface area contributed by atoms with Gasteiger partial charge in [0.25, 0.3) is 0 Å². The van der Waals surface area contributed by atoms with Crippen molar-refractivity contribution in [3.8, 4) is 0 Å². The first-order valence-corrected chi connectivity index (χ1v) is 5.26. The summed E-state index contributed by atoms with van der Waals surface area (Å²) in [6.45, 7) is 0. The summed E-state index contributed by atoms with van der Waals surface area (Å²) in [5, 5.41) is -1.83. The van der Waals surface area contributed by atoms with E-state index in [0.29, 0.717) is 0 Å². The lowest BCUT2D eigenvalue weighted by Gasteiger charge is -1.98. The van der Waals surface area contributed by atoms with Crippen LogP contribution in [-0.4, -0.2) is 29.6 Å². The van der Waals surface area contributed by atoms with Gasteiger partial charge in [-0.15, -0.1) is 4.79 Å². The highest BCUT2D eigenvalue weighted by Gasteiger charge is 2.48. The topological polar surface area (TPSA) is 151 Å². The van der Waals surface area contributed by atoms with E-state index >= 15 is 0 Å². The fraction of sp³-hybridized carbons (Fsp3) is 0. The van der Waals surface area contributed by atoms with Crippen LogP contribution < -0.4 is 0 Å². The van der Waals surface area contributed by atoms with Gasteiger partial charge in [-0.05, 0) is 0 Å². The summed E-state index contributed by atoms with van der Waals surface area (Å²) in [4.78, 5) is 34.4. The van der Waals surface area contributed by atoms with Gasteiger partial charge in [0.05, 0.1) is 0 Å². The number of rotatable bonds is 2. The molecule has 11 heavy (non-hydrogen) atoms. The summed E-state index contributed by atoms with van der Waals surface area (Å²) in [5.74, 6) is 0. The predicted octanol–water partition coefficient (Wildman–Crippen LogP) is -1.07. The minimum atomic E-state index is -5.16. The quantitative estimate of drug-likeness (QED) is 0.193. The highest BCUT2D eigenvalue weighted by molar-refractivity contribution is 7.96. The van der Waals surface area contributed by atoms with Gasteiger partial charge in [0.1, 0.15) is 0 Å². The molecule has 0 aromatic rings. The van der Waals surface area contributed by atoms with E-state index in [2.05, 4.69) is 0 Å². The molecule has 0 saturated carbocycles. The summed E-state index contributed by atoms with van der Waals surface area (Å²) in [6, 6.07) is 0. The maximum atomic E-state index is 10.1. The maximum absolute atomic E-state index is 10.1. The third-order valence-electron chi connectivity index (χ3n) is 0.611. The lowest BCUT2D eigenvalue weighted by molar-refractivity contribution is -0.000267. The molecule has 0 aliphatic carbocycles. The maximum Gasteiger partial charge on any atom is 0.486 e. The van der Waals surface area contributed by atoms with Crippen molar-refractivity contribution in [2.45, 2.75) is 0 Å². The van der Waals surface area contributed by atoms with Crippen LogP contribution in [0.5, 0.6) is 0 Å². The van der Waals surface area contributed by atoms with Crippen molar-refractivity contribution < 1.29 is 33.5 Å². The Balaban J connectivity index is 5.25. The van der Waals surface area contributed by atoms with Crippen molar-refractivity contribution in [2.75, 3.05) is 0 Å². The molecule has 0 amide bonds. The lowest BCUT2D eigenvalue weighted by atomic mass is 11.7. The Labute approximate surface area is 60.4 Å². The zero-order valence-corrected chi connectivity index (χ0v) is 6.68. The van der Waals surface area contributed by atoms with Crippen LogP contribution in [0.1, 0.15) is 0 Å². The Morgan fingerprint density at radius 3 is 1.36 bits per heavy atom. The molecule has 8 nitrogen and oxygen atoms in total. The molecule has 0 atom stereocenters. The van der Waals surface area contributed by atoms with Gasteiger partial charge in [0, 0.05) is 0 Å². The first kappa shape index (κ1) is 10.7. The highest BCUT2D eigenvalue weighted by atomic mass is 31.2. The average molecular weight is 202 g/mol. The Morgan fingerprint density at radius 1 is 1.09 bits per heavy atom. The molecule has 0 aromatic carbocycles. The molecular formula is CH4N2O6P2. The normalized spacial score (nSPS) is 12.4. The summed E-state index contributed by atoms with van der Waals surface area (Å²) in [6.07, 6.45) is 0. The van der Waals surface area contributed by atoms with Gasteiger partial charge < -0.3 is 25.1 Å². The van der Waals surface area contributed by atoms with Crippen LogP contribution in [0.3, 0.4) is 0 Å². The monoisotopic (exact) mass is 202 g/mol. The fourth-order valence-electron chi connectivity index (χ4n) is 0.286. The standard InChI is InChI=1S/CH4N2O6P2/c2-3-1(10(4,5)6)11(7,8)9/h(H2,4,5,6)(H2,7,8,9). The zero-order valence-electron chi connectivity index (χ0n) is 4.89. The third-order valence-corrected chi connectivity index (χ3v) is 3.39. The molecule has 0 radical (unpaired) electrons. The summed E-state index contributed by atoms with van der Waals surface area (Å²) in [5.41, 5.74) is 7.80. The molecule has 0 bridgehead atoms. The Kier molecular flexibility index (Phi) is 2.88. The summed E-state index contributed by atoms with van der Waals surface area (Å²) >= 11 is 0. The minimum absolute atomic E-state index is 1.82. The van der Waals surface area contributed by atoms with Crippen LogP contribution in [-0.2, 0) is 9.13 Å². The van der Waals surface area contributed by atoms with E-state index in [-0.39, 0.29) is 0 Å². The first-order valence-electron chi connectivity index (χ1n) is 2.04. The first-order chi connectivity index (χ1) is 4.69. The van der Waals surface area contributed by atoms with Gasteiger partial charge in [-0.3, -0.25) is 0 Å². The molecule has 4 N–H and O–H groups in total. The highest BCUT2D eigenvalue weighted by Crippen LogP contribution is 2.53. The van der Waals surface area contributed by atoms with E-state index in [4.69, 9.17) is 25.1 Å². The predicted molar refractivity (Wildman–Crippen MR) is 32.7 cm³/mol. The van der Waals surface area contributed by atoms with E-state index in [9.17, 15) is 9.13 Å². The van der Waals surface area contributed by atoms with E-state index in [1.54, 1.807) is 0 Å². The van der Waals surface area contributed by atoms with Gasteiger partial charge in [-0.2, -0.15) is 0 Å². The largest absolute Gasteiger partial charge is 0.486 e. The van der Waals surface area contributed by atoms with E-state index < -0.39 is 20.4 Å². The van der Waals surface area contributed by atoms with Crippen LogP contribution in [0.15, 0.2) is 0 Å². The number of hydrogen-bond acceptors (Lipinski definition) is 2. The second-order valence-corrected chi connectivity index (χ2v) is 4.86. The van der Waals surface area contributed by atoms with Gasteiger partial charge in [0.2, 0.25) is 0 Å². The third kappa shape index (κ3) is 3.05. The minimum Gasteiger partial charge on any atom is -0.360 e. The second-order valence-electron chi connectivity index (χ2n) is 1.49. The van der Waals surface area contributed by atoms with Crippen LogP contribution in [0, 0.1) is 0 Å². The molecule has 0 aliphatic rings. The van der Waals surface area contributed by atoms with Crippen molar-refractivity contribution >= 4 is 20.4 Å². The molecule has 0 heterocycles. The van der Waals surface area contributed by atoms with Gasteiger partial charge >= 0.3 is 20.4 Å². The molecule has 0 saturated heterocycles. The van der Waals surface area contributed by atoms with Crippen molar-refractivity contribution in [3.05, 3.63) is 5.53 Å². The molecule has 0 unspecified atom stereocenters.